The number of amides is 1. The molecule has 3 rings (SSSR count). The third kappa shape index (κ3) is 2.45. The van der Waals surface area contributed by atoms with E-state index in [0.717, 1.165) is 21.9 Å². The Labute approximate surface area is 119 Å². The van der Waals surface area contributed by atoms with Gasteiger partial charge in [0.2, 0.25) is 0 Å². The standard InChI is InChI=1S/C12H10N4OS.ClH/c1-13-11(17)7-2-3-8-9(6-7)16-10(15-8)12-14-4-5-18-12;/h2-6H,1H3,(H,13,17)(H,15,16);1H. The average molecular weight is 295 g/mol. The lowest BCUT2D eigenvalue weighted by Gasteiger charge is -1.97. The van der Waals surface area contributed by atoms with Gasteiger partial charge in [-0.25, -0.2) is 9.97 Å². The molecular formula is C12H11ClN4OS. The van der Waals surface area contributed by atoms with Crippen LogP contribution in [0, 0.1) is 0 Å². The summed E-state index contributed by atoms with van der Waals surface area (Å²) in [4.78, 5) is 23.4. The van der Waals surface area contributed by atoms with E-state index >= 15 is 0 Å². The van der Waals surface area contributed by atoms with Crippen LogP contribution in [0.4, 0.5) is 0 Å². The lowest BCUT2D eigenvalue weighted by atomic mass is 10.2. The second-order valence-electron chi connectivity index (χ2n) is 3.73. The second kappa shape index (κ2) is 5.38. The zero-order chi connectivity index (χ0) is 12.5. The monoisotopic (exact) mass is 294 g/mol. The van der Waals surface area contributed by atoms with Gasteiger partial charge in [-0.2, -0.15) is 0 Å². The van der Waals surface area contributed by atoms with Gasteiger partial charge in [-0.3, -0.25) is 4.79 Å². The number of imidazole rings is 1. The molecule has 2 heterocycles. The molecule has 2 aromatic heterocycles. The molecule has 0 aliphatic heterocycles. The van der Waals surface area contributed by atoms with Crippen molar-refractivity contribution in [2.45, 2.75) is 0 Å². The molecule has 2 N–H and O–H groups in total. The van der Waals surface area contributed by atoms with E-state index < -0.39 is 0 Å². The van der Waals surface area contributed by atoms with Crippen molar-refractivity contribution >= 4 is 40.7 Å². The predicted molar refractivity (Wildman–Crippen MR) is 77.8 cm³/mol. The first-order valence-electron chi connectivity index (χ1n) is 5.39. The number of nitrogens with zero attached hydrogens (tertiary/aromatic N) is 2. The lowest BCUT2D eigenvalue weighted by molar-refractivity contribution is 0.0963. The summed E-state index contributed by atoms with van der Waals surface area (Å²) in [5.74, 6) is 0.616. The van der Waals surface area contributed by atoms with Crippen molar-refractivity contribution in [2.24, 2.45) is 0 Å². The van der Waals surface area contributed by atoms with Gasteiger partial charge >= 0.3 is 0 Å². The molecule has 1 aromatic carbocycles. The highest BCUT2D eigenvalue weighted by molar-refractivity contribution is 7.13. The number of H-pyrrole nitrogens is 1. The highest BCUT2D eigenvalue weighted by Crippen LogP contribution is 2.22. The second-order valence-corrected chi connectivity index (χ2v) is 4.63. The minimum absolute atomic E-state index is 0. The molecule has 0 radical (unpaired) electrons. The first-order valence-corrected chi connectivity index (χ1v) is 6.27. The number of rotatable bonds is 2. The van der Waals surface area contributed by atoms with Crippen LogP contribution in [0.25, 0.3) is 21.9 Å². The molecule has 1 amide bonds. The van der Waals surface area contributed by atoms with E-state index in [1.54, 1.807) is 25.4 Å². The van der Waals surface area contributed by atoms with Crippen LogP contribution >= 0.6 is 23.7 Å². The molecule has 0 atom stereocenters. The Balaban J connectivity index is 0.00000133. The highest BCUT2D eigenvalue weighted by Gasteiger charge is 2.09. The number of halogens is 1. The molecule has 0 saturated carbocycles. The summed E-state index contributed by atoms with van der Waals surface area (Å²) in [7, 11) is 1.61. The third-order valence-electron chi connectivity index (χ3n) is 2.61. The van der Waals surface area contributed by atoms with Gasteiger partial charge in [0.15, 0.2) is 10.8 Å². The van der Waals surface area contributed by atoms with Crippen LogP contribution in [0.3, 0.4) is 0 Å². The molecule has 0 bridgehead atoms. The molecule has 0 spiro atoms. The van der Waals surface area contributed by atoms with Crippen molar-refractivity contribution in [1.29, 1.82) is 0 Å². The highest BCUT2D eigenvalue weighted by atomic mass is 35.5. The Kier molecular flexibility index (Phi) is 3.82. The Bertz CT molecular complexity index is 708. The first kappa shape index (κ1) is 13.5. The summed E-state index contributed by atoms with van der Waals surface area (Å²) >= 11 is 1.52. The fraction of sp³-hybridized carbons (Fsp3) is 0.0833. The number of aromatic amines is 1. The Morgan fingerprint density at radius 3 is 2.95 bits per heavy atom. The van der Waals surface area contributed by atoms with E-state index in [0.29, 0.717) is 5.56 Å². The maximum Gasteiger partial charge on any atom is 0.251 e. The van der Waals surface area contributed by atoms with Gasteiger partial charge in [0.1, 0.15) is 0 Å². The molecule has 0 saturated heterocycles. The largest absolute Gasteiger partial charge is 0.355 e. The molecular weight excluding hydrogens is 284 g/mol. The van der Waals surface area contributed by atoms with Crippen molar-refractivity contribution < 1.29 is 4.79 Å². The van der Waals surface area contributed by atoms with Gasteiger partial charge in [-0.1, -0.05) is 0 Å². The molecule has 98 valence electrons. The number of carbonyl (C=O) groups excluding carboxylic acids is 1. The Morgan fingerprint density at radius 2 is 2.26 bits per heavy atom. The van der Waals surface area contributed by atoms with Gasteiger partial charge in [-0.15, -0.1) is 23.7 Å². The quantitative estimate of drug-likeness (QED) is 0.763. The van der Waals surface area contributed by atoms with Crippen LogP contribution in [0.15, 0.2) is 29.8 Å². The normalized spacial score (nSPS) is 10.2. The summed E-state index contributed by atoms with van der Waals surface area (Å²) in [5, 5.41) is 5.33. The van der Waals surface area contributed by atoms with Crippen molar-refractivity contribution in [3.05, 3.63) is 35.3 Å². The number of hydrogen-bond acceptors (Lipinski definition) is 4. The van der Waals surface area contributed by atoms with Crippen LogP contribution in [-0.2, 0) is 0 Å². The topological polar surface area (TPSA) is 70.7 Å². The number of hydrogen-bond donors (Lipinski definition) is 2. The lowest BCUT2D eigenvalue weighted by Crippen LogP contribution is -2.17. The van der Waals surface area contributed by atoms with E-state index in [1.165, 1.54) is 11.3 Å². The molecule has 0 aliphatic carbocycles. The fourth-order valence-corrected chi connectivity index (χ4v) is 2.31. The maximum atomic E-state index is 11.5. The number of nitrogens with one attached hydrogen (secondary N) is 2. The third-order valence-corrected chi connectivity index (χ3v) is 3.39. The molecule has 5 nitrogen and oxygen atoms in total. The fourth-order valence-electron chi connectivity index (χ4n) is 1.73. The minimum atomic E-state index is -0.115. The Morgan fingerprint density at radius 1 is 1.42 bits per heavy atom. The molecule has 0 aliphatic rings. The van der Waals surface area contributed by atoms with E-state index in [1.807, 2.05) is 11.4 Å². The van der Waals surface area contributed by atoms with Crippen LogP contribution in [0.5, 0.6) is 0 Å². The number of carbonyl (C=O) groups is 1. The van der Waals surface area contributed by atoms with Gasteiger partial charge in [0, 0.05) is 24.2 Å². The van der Waals surface area contributed by atoms with Crippen molar-refractivity contribution in [3.63, 3.8) is 0 Å². The van der Waals surface area contributed by atoms with E-state index in [4.69, 9.17) is 0 Å². The number of aromatic nitrogens is 3. The van der Waals surface area contributed by atoms with E-state index in [-0.39, 0.29) is 18.3 Å². The van der Waals surface area contributed by atoms with Crippen molar-refractivity contribution in [2.75, 3.05) is 7.05 Å². The summed E-state index contributed by atoms with van der Waals surface area (Å²) in [6.45, 7) is 0. The summed E-state index contributed by atoms with van der Waals surface area (Å²) < 4.78 is 0. The molecule has 3 aromatic rings. The Hall–Kier alpha value is -1.92. The number of fused-ring (bicyclic) bond motifs is 1. The van der Waals surface area contributed by atoms with Crippen molar-refractivity contribution in [1.82, 2.24) is 20.3 Å². The van der Waals surface area contributed by atoms with Gasteiger partial charge in [0.25, 0.3) is 5.91 Å². The maximum absolute atomic E-state index is 11.5. The number of thiazole rings is 1. The van der Waals surface area contributed by atoms with Crippen LogP contribution < -0.4 is 5.32 Å². The zero-order valence-corrected chi connectivity index (χ0v) is 11.6. The molecule has 0 unspecified atom stereocenters. The molecule has 0 fully saturated rings. The summed E-state index contributed by atoms with van der Waals surface area (Å²) in [6, 6.07) is 5.39. The first-order chi connectivity index (χ1) is 8.78. The average Bonchev–Trinajstić information content (AvgIpc) is 3.04. The van der Waals surface area contributed by atoms with Crippen molar-refractivity contribution in [3.8, 4) is 10.8 Å². The molecule has 7 heteroatoms. The van der Waals surface area contributed by atoms with Gasteiger partial charge < -0.3 is 10.3 Å². The van der Waals surface area contributed by atoms with E-state index in [2.05, 4.69) is 20.3 Å². The van der Waals surface area contributed by atoms with Crippen LogP contribution in [0.1, 0.15) is 10.4 Å². The van der Waals surface area contributed by atoms with Crippen LogP contribution in [0.2, 0.25) is 0 Å². The SMILES string of the molecule is CNC(=O)c1ccc2[nH]c(-c3nccs3)nc2c1.Cl. The summed E-state index contributed by atoms with van der Waals surface area (Å²) in [6.07, 6.45) is 1.74. The van der Waals surface area contributed by atoms with Crippen LogP contribution in [-0.4, -0.2) is 27.9 Å². The molecule has 19 heavy (non-hydrogen) atoms. The van der Waals surface area contributed by atoms with Gasteiger partial charge in [-0.05, 0) is 18.2 Å². The zero-order valence-electron chi connectivity index (χ0n) is 10.0. The smallest absolute Gasteiger partial charge is 0.251 e. The minimum Gasteiger partial charge on any atom is -0.355 e. The van der Waals surface area contributed by atoms with E-state index in [9.17, 15) is 4.79 Å². The van der Waals surface area contributed by atoms with Gasteiger partial charge in [0.05, 0.1) is 11.0 Å². The number of benzene rings is 1. The summed E-state index contributed by atoms with van der Waals surface area (Å²) in [5.41, 5.74) is 2.26. The predicted octanol–water partition coefficient (Wildman–Crippen LogP) is 2.47.